The summed E-state index contributed by atoms with van der Waals surface area (Å²) < 4.78 is 5.66. The smallest absolute Gasteiger partial charge is 0.266 e. The minimum atomic E-state index is -0.885. The fourth-order valence-electron chi connectivity index (χ4n) is 3.15. The van der Waals surface area contributed by atoms with E-state index in [2.05, 4.69) is 15.5 Å². The molecule has 2 amide bonds. The second-order valence-electron chi connectivity index (χ2n) is 5.82. The Bertz CT molecular complexity index is 803. The van der Waals surface area contributed by atoms with E-state index in [1.165, 1.54) is 0 Å². The molecule has 0 radical (unpaired) electrons. The van der Waals surface area contributed by atoms with Crippen LogP contribution in [0.15, 0.2) is 30.5 Å². The first-order valence-corrected chi connectivity index (χ1v) is 7.66. The lowest BCUT2D eigenvalue weighted by molar-refractivity contribution is -0.139. The van der Waals surface area contributed by atoms with E-state index in [4.69, 9.17) is 4.74 Å². The number of aliphatic hydroxyl groups is 1. The van der Waals surface area contributed by atoms with Crippen LogP contribution in [0.4, 0.5) is 5.69 Å². The number of hydrogen-bond donors (Lipinski definition) is 3. The summed E-state index contributed by atoms with van der Waals surface area (Å²) in [5, 5.41) is 19.1. The number of nitrogens with zero attached hydrogens (tertiary/aromatic N) is 2. The van der Waals surface area contributed by atoms with Crippen molar-refractivity contribution in [2.45, 2.75) is 25.1 Å². The van der Waals surface area contributed by atoms with Gasteiger partial charge in [0.25, 0.3) is 5.91 Å². The van der Waals surface area contributed by atoms with Crippen LogP contribution in [0.5, 0.6) is 5.75 Å². The van der Waals surface area contributed by atoms with Crippen LogP contribution in [-0.2, 0) is 16.1 Å². The van der Waals surface area contributed by atoms with Crippen molar-refractivity contribution in [1.82, 2.24) is 15.1 Å². The molecule has 8 nitrogen and oxygen atoms in total. The lowest BCUT2D eigenvalue weighted by Gasteiger charge is -2.28. The van der Waals surface area contributed by atoms with E-state index < -0.39 is 12.1 Å². The second kappa shape index (κ2) is 5.64. The van der Waals surface area contributed by atoms with Crippen molar-refractivity contribution in [3.8, 4) is 5.75 Å². The molecule has 2 aliphatic rings. The molecule has 0 aliphatic carbocycles. The minimum absolute atomic E-state index is 0.0889. The standard InChI is InChI=1S/C16H16N4O4/c21-8-12-9-6-17-19-11(9)7-20(12)15(22)5-14-16(23)18-10-3-1-2-4-13(10)24-14/h1-4,6,12,14,21H,5,7-8H2,(H,17,19)(H,18,23). The van der Waals surface area contributed by atoms with Gasteiger partial charge in [0, 0.05) is 5.56 Å². The Kier molecular flexibility index (Phi) is 3.46. The first kappa shape index (κ1) is 14.7. The summed E-state index contributed by atoms with van der Waals surface area (Å²) in [5.41, 5.74) is 2.22. The third-order valence-electron chi connectivity index (χ3n) is 4.38. The van der Waals surface area contributed by atoms with Crippen LogP contribution in [0.3, 0.4) is 0 Å². The Balaban J connectivity index is 1.49. The van der Waals surface area contributed by atoms with Crippen LogP contribution in [0.1, 0.15) is 23.7 Å². The van der Waals surface area contributed by atoms with Gasteiger partial charge in [0.05, 0.1) is 43.2 Å². The molecule has 0 bridgehead atoms. The number of aromatic amines is 1. The van der Waals surface area contributed by atoms with Crippen molar-refractivity contribution in [1.29, 1.82) is 0 Å². The quantitative estimate of drug-likeness (QED) is 0.764. The van der Waals surface area contributed by atoms with Gasteiger partial charge in [-0.2, -0.15) is 5.10 Å². The first-order valence-electron chi connectivity index (χ1n) is 7.66. The highest BCUT2D eigenvalue weighted by Crippen LogP contribution is 2.34. The Hall–Kier alpha value is -2.87. The van der Waals surface area contributed by atoms with Crippen LogP contribution in [-0.4, -0.2) is 44.7 Å². The topological polar surface area (TPSA) is 108 Å². The molecule has 3 N–H and O–H groups in total. The van der Waals surface area contributed by atoms with Gasteiger partial charge in [-0.25, -0.2) is 0 Å². The molecule has 1 aromatic heterocycles. The molecule has 124 valence electrons. The Morgan fingerprint density at radius 1 is 1.42 bits per heavy atom. The predicted molar refractivity (Wildman–Crippen MR) is 83.1 cm³/mol. The molecule has 8 heteroatoms. The van der Waals surface area contributed by atoms with E-state index in [1.54, 1.807) is 35.4 Å². The van der Waals surface area contributed by atoms with Crippen molar-refractivity contribution in [3.05, 3.63) is 41.7 Å². The maximum Gasteiger partial charge on any atom is 0.266 e. The van der Waals surface area contributed by atoms with E-state index >= 15 is 0 Å². The molecule has 0 spiro atoms. The third kappa shape index (κ3) is 2.31. The van der Waals surface area contributed by atoms with Crippen LogP contribution < -0.4 is 10.1 Å². The van der Waals surface area contributed by atoms with Gasteiger partial charge in [-0.1, -0.05) is 12.1 Å². The molecule has 24 heavy (non-hydrogen) atoms. The van der Waals surface area contributed by atoms with Gasteiger partial charge in [0.1, 0.15) is 5.75 Å². The zero-order valence-electron chi connectivity index (χ0n) is 12.7. The van der Waals surface area contributed by atoms with Crippen molar-refractivity contribution >= 4 is 17.5 Å². The Labute approximate surface area is 137 Å². The molecule has 4 rings (SSSR count). The summed E-state index contributed by atoms with van der Waals surface area (Å²) in [5.74, 6) is -0.0513. The van der Waals surface area contributed by atoms with Crippen LogP contribution in [0, 0.1) is 0 Å². The summed E-state index contributed by atoms with van der Waals surface area (Å²) in [4.78, 5) is 26.3. The number of amides is 2. The highest BCUT2D eigenvalue weighted by Gasteiger charge is 2.37. The Morgan fingerprint density at radius 3 is 3.08 bits per heavy atom. The normalized spacial score (nSPS) is 21.7. The van der Waals surface area contributed by atoms with E-state index in [-0.39, 0.29) is 24.8 Å². The van der Waals surface area contributed by atoms with Gasteiger partial charge in [-0.15, -0.1) is 0 Å². The van der Waals surface area contributed by atoms with Gasteiger partial charge in [0.15, 0.2) is 6.10 Å². The number of benzene rings is 1. The molecule has 2 aliphatic heterocycles. The molecule has 2 aromatic rings. The van der Waals surface area contributed by atoms with Gasteiger partial charge in [-0.05, 0) is 12.1 Å². The monoisotopic (exact) mass is 328 g/mol. The summed E-state index contributed by atoms with van der Waals surface area (Å²) in [7, 11) is 0. The van der Waals surface area contributed by atoms with Gasteiger partial charge in [0.2, 0.25) is 5.91 Å². The number of carbonyl (C=O) groups is 2. The Morgan fingerprint density at radius 2 is 2.25 bits per heavy atom. The van der Waals surface area contributed by atoms with Crippen LogP contribution in [0.25, 0.3) is 0 Å². The summed E-state index contributed by atoms with van der Waals surface area (Å²) in [6, 6.07) is 6.65. The van der Waals surface area contributed by atoms with Crippen LogP contribution >= 0.6 is 0 Å². The number of hydrogen-bond acceptors (Lipinski definition) is 5. The summed E-state index contributed by atoms with van der Waals surface area (Å²) in [6.45, 7) is 0.142. The highest BCUT2D eigenvalue weighted by atomic mass is 16.5. The van der Waals surface area contributed by atoms with Crippen molar-refractivity contribution < 1.29 is 19.4 Å². The maximum atomic E-state index is 12.6. The minimum Gasteiger partial charge on any atom is -0.478 e. The lowest BCUT2D eigenvalue weighted by atomic mass is 10.1. The molecule has 0 fully saturated rings. The SMILES string of the molecule is O=C1Nc2ccccc2OC1CC(=O)N1Cc2[nH]ncc2C1CO. The molecule has 3 heterocycles. The number of anilines is 1. The van der Waals surface area contributed by atoms with Gasteiger partial charge < -0.3 is 20.1 Å². The van der Waals surface area contributed by atoms with E-state index in [0.717, 1.165) is 11.3 Å². The second-order valence-corrected chi connectivity index (χ2v) is 5.82. The lowest BCUT2D eigenvalue weighted by Crippen LogP contribution is -2.42. The number of ether oxygens (including phenoxy) is 1. The molecule has 2 atom stereocenters. The maximum absolute atomic E-state index is 12.6. The molecule has 0 saturated heterocycles. The number of aliphatic hydroxyl groups excluding tert-OH is 1. The zero-order valence-corrected chi connectivity index (χ0v) is 12.7. The number of aromatic nitrogens is 2. The van der Waals surface area contributed by atoms with E-state index in [0.29, 0.717) is 18.0 Å². The van der Waals surface area contributed by atoms with Gasteiger partial charge >= 0.3 is 0 Å². The third-order valence-corrected chi connectivity index (χ3v) is 4.38. The average molecular weight is 328 g/mol. The number of rotatable bonds is 3. The van der Waals surface area contributed by atoms with Crippen molar-refractivity contribution in [2.75, 3.05) is 11.9 Å². The summed E-state index contributed by atoms with van der Waals surface area (Å²) in [6.07, 6.45) is 0.640. The predicted octanol–water partition coefficient (Wildman–Crippen LogP) is 0.575. The average Bonchev–Trinajstić information content (AvgIpc) is 3.16. The number of nitrogens with one attached hydrogen (secondary N) is 2. The molecular formula is C16H16N4O4. The number of carbonyl (C=O) groups excluding carboxylic acids is 2. The molecular weight excluding hydrogens is 312 g/mol. The fourth-order valence-corrected chi connectivity index (χ4v) is 3.15. The van der Waals surface area contributed by atoms with Crippen molar-refractivity contribution in [2.24, 2.45) is 0 Å². The number of fused-ring (bicyclic) bond motifs is 2. The summed E-state index contributed by atoms with van der Waals surface area (Å²) >= 11 is 0. The first-order chi connectivity index (χ1) is 11.7. The van der Waals surface area contributed by atoms with E-state index in [1.807, 2.05) is 0 Å². The van der Waals surface area contributed by atoms with E-state index in [9.17, 15) is 14.7 Å². The van der Waals surface area contributed by atoms with Gasteiger partial charge in [-0.3, -0.25) is 14.7 Å². The number of H-pyrrole nitrogens is 1. The van der Waals surface area contributed by atoms with Crippen molar-refractivity contribution in [3.63, 3.8) is 0 Å². The highest BCUT2D eigenvalue weighted by molar-refractivity contribution is 6.00. The zero-order chi connectivity index (χ0) is 16.7. The fraction of sp³-hybridized carbons (Fsp3) is 0.312. The molecule has 2 unspecified atom stereocenters. The number of para-hydroxylation sites is 2. The largest absolute Gasteiger partial charge is 0.478 e. The molecule has 1 aromatic carbocycles. The molecule has 0 saturated carbocycles. The van der Waals surface area contributed by atoms with Crippen LogP contribution in [0.2, 0.25) is 0 Å².